The summed E-state index contributed by atoms with van der Waals surface area (Å²) in [5, 5.41) is 2.68. The van der Waals surface area contributed by atoms with Gasteiger partial charge in [-0.3, -0.25) is 18.7 Å². The van der Waals surface area contributed by atoms with Crippen LogP contribution in [0.3, 0.4) is 0 Å². The van der Waals surface area contributed by atoms with Gasteiger partial charge in [0.2, 0.25) is 0 Å². The minimum absolute atomic E-state index is 0.0812. The number of carbonyl (C=O) groups excluding carboxylic acids is 1. The van der Waals surface area contributed by atoms with Gasteiger partial charge in [0.1, 0.15) is 5.75 Å². The zero-order chi connectivity index (χ0) is 16.3. The first-order valence-corrected chi connectivity index (χ1v) is 6.62. The number of benzene rings is 1. The topological polar surface area (TPSA) is 82.3 Å². The number of nitrogens with zero attached hydrogens (tertiary/aromatic N) is 2. The highest BCUT2D eigenvalue weighted by Gasteiger charge is 2.09. The summed E-state index contributed by atoms with van der Waals surface area (Å²) in [5.41, 5.74) is 0.0318. The monoisotopic (exact) mass is 303 g/mol. The Labute approximate surface area is 126 Å². The summed E-state index contributed by atoms with van der Waals surface area (Å²) in [4.78, 5) is 35.5. The van der Waals surface area contributed by atoms with Crippen LogP contribution in [0.5, 0.6) is 5.75 Å². The highest BCUT2D eigenvalue weighted by Crippen LogP contribution is 2.12. The molecule has 0 saturated carbocycles. The van der Waals surface area contributed by atoms with Crippen LogP contribution < -0.4 is 21.3 Å². The number of hydrogen-bond acceptors (Lipinski definition) is 4. The Morgan fingerprint density at radius 1 is 1.18 bits per heavy atom. The second kappa shape index (κ2) is 6.30. The Hall–Kier alpha value is -2.83. The van der Waals surface area contributed by atoms with Gasteiger partial charge in [0.25, 0.3) is 11.5 Å². The molecule has 22 heavy (non-hydrogen) atoms. The zero-order valence-electron chi connectivity index (χ0n) is 12.6. The van der Waals surface area contributed by atoms with Crippen molar-refractivity contribution in [1.29, 1.82) is 0 Å². The predicted octanol–water partition coefficient (Wildman–Crippen LogP) is 0.0226. The van der Waals surface area contributed by atoms with E-state index in [1.54, 1.807) is 31.3 Å². The maximum atomic E-state index is 12.1. The molecule has 0 unspecified atom stereocenters. The number of hydrogen-bond donors (Lipinski definition) is 1. The van der Waals surface area contributed by atoms with Crippen LogP contribution in [0.15, 0.2) is 39.9 Å². The molecule has 1 aromatic carbocycles. The predicted molar refractivity (Wildman–Crippen MR) is 81.1 cm³/mol. The van der Waals surface area contributed by atoms with Crippen LogP contribution >= 0.6 is 0 Å². The molecule has 7 heteroatoms. The van der Waals surface area contributed by atoms with Crippen molar-refractivity contribution in [2.45, 2.75) is 6.54 Å². The first kappa shape index (κ1) is 15.6. The molecule has 2 rings (SSSR count). The zero-order valence-corrected chi connectivity index (χ0v) is 12.6. The number of rotatable bonds is 4. The molecule has 0 aliphatic carbocycles. The molecule has 0 atom stereocenters. The molecule has 1 heterocycles. The minimum atomic E-state index is -0.432. The molecule has 0 fully saturated rings. The van der Waals surface area contributed by atoms with Crippen molar-refractivity contribution in [3.8, 4) is 5.75 Å². The fourth-order valence-corrected chi connectivity index (χ4v) is 1.99. The van der Waals surface area contributed by atoms with Crippen LogP contribution in [0.4, 0.5) is 0 Å². The smallest absolute Gasteiger partial charge is 0.330 e. The van der Waals surface area contributed by atoms with E-state index in [9.17, 15) is 14.4 Å². The largest absolute Gasteiger partial charge is 0.497 e. The van der Waals surface area contributed by atoms with Crippen LogP contribution in [0.2, 0.25) is 0 Å². The first-order chi connectivity index (χ1) is 10.4. The lowest BCUT2D eigenvalue weighted by atomic mass is 10.2. The molecule has 1 N–H and O–H groups in total. The van der Waals surface area contributed by atoms with Crippen molar-refractivity contribution in [2.24, 2.45) is 14.1 Å². The lowest BCUT2D eigenvalue weighted by molar-refractivity contribution is 0.0949. The van der Waals surface area contributed by atoms with Crippen LogP contribution in [0.1, 0.15) is 16.1 Å². The molecule has 1 aromatic heterocycles. The lowest BCUT2D eigenvalue weighted by Crippen LogP contribution is -2.39. The van der Waals surface area contributed by atoms with Gasteiger partial charge < -0.3 is 10.1 Å². The molecule has 0 aliphatic heterocycles. The third kappa shape index (κ3) is 3.08. The first-order valence-electron chi connectivity index (χ1n) is 6.62. The Morgan fingerprint density at radius 3 is 2.59 bits per heavy atom. The number of nitrogens with one attached hydrogen (secondary N) is 1. The van der Waals surface area contributed by atoms with Gasteiger partial charge in [-0.25, -0.2) is 4.79 Å². The van der Waals surface area contributed by atoms with Crippen molar-refractivity contribution in [1.82, 2.24) is 14.5 Å². The normalized spacial score (nSPS) is 10.3. The molecule has 7 nitrogen and oxygen atoms in total. The van der Waals surface area contributed by atoms with Gasteiger partial charge in [-0.15, -0.1) is 0 Å². The molecule has 0 spiro atoms. The Bertz CT molecular complexity index is 820. The quantitative estimate of drug-likeness (QED) is 0.863. The van der Waals surface area contributed by atoms with Gasteiger partial charge in [-0.1, -0.05) is 6.07 Å². The second-order valence-electron chi connectivity index (χ2n) is 4.79. The number of ether oxygens (including phenoxy) is 1. The number of amides is 1. The standard InChI is InChI=1S/C15H17N3O4/c1-17-11(8-13(19)18(2)15(17)21)9-16-14(20)10-5-4-6-12(7-10)22-3/h4-8H,9H2,1-3H3,(H,16,20). The summed E-state index contributed by atoms with van der Waals surface area (Å²) in [6.45, 7) is 0.0812. The van der Waals surface area contributed by atoms with Gasteiger partial charge in [0, 0.05) is 31.4 Å². The molecule has 116 valence electrons. The van der Waals surface area contributed by atoms with E-state index in [1.807, 2.05) is 0 Å². The third-order valence-electron chi connectivity index (χ3n) is 3.39. The molecule has 2 aromatic rings. The van der Waals surface area contributed by atoms with Gasteiger partial charge in [0.15, 0.2) is 0 Å². The Balaban J connectivity index is 2.18. The lowest BCUT2D eigenvalue weighted by Gasteiger charge is -2.11. The highest BCUT2D eigenvalue weighted by atomic mass is 16.5. The summed E-state index contributed by atoms with van der Waals surface area (Å²) in [6, 6.07) is 8.04. The molecule has 0 bridgehead atoms. The molecular weight excluding hydrogens is 286 g/mol. The summed E-state index contributed by atoms with van der Waals surface area (Å²) in [5.74, 6) is 0.264. The van der Waals surface area contributed by atoms with Crippen LogP contribution in [-0.2, 0) is 20.6 Å². The number of carbonyl (C=O) groups is 1. The number of aromatic nitrogens is 2. The van der Waals surface area contributed by atoms with Gasteiger partial charge in [0.05, 0.1) is 13.7 Å². The highest BCUT2D eigenvalue weighted by molar-refractivity contribution is 5.94. The van der Waals surface area contributed by atoms with Crippen molar-refractivity contribution >= 4 is 5.91 Å². The van der Waals surface area contributed by atoms with Crippen LogP contribution in [-0.4, -0.2) is 22.2 Å². The maximum absolute atomic E-state index is 12.1. The van der Waals surface area contributed by atoms with E-state index in [2.05, 4.69) is 5.32 Å². The van der Waals surface area contributed by atoms with E-state index in [-0.39, 0.29) is 12.5 Å². The minimum Gasteiger partial charge on any atom is -0.497 e. The molecule has 1 amide bonds. The molecule has 0 aliphatic rings. The van der Waals surface area contributed by atoms with Gasteiger partial charge in [-0.05, 0) is 18.2 Å². The summed E-state index contributed by atoms with van der Waals surface area (Å²) in [7, 11) is 4.48. The van der Waals surface area contributed by atoms with E-state index in [0.717, 1.165) is 4.57 Å². The van der Waals surface area contributed by atoms with Gasteiger partial charge in [-0.2, -0.15) is 0 Å². The van der Waals surface area contributed by atoms with Crippen LogP contribution in [0.25, 0.3) is 0 Å². The maximum Gasteiger partial charge on any atom is 0.330 e. The third-order valence-corrected chi connectivity index (χ3v) is 3.39. The van der Waals surface area contributed by atoms with Crippen molar-refractivity contribution in [3.05, 3.63) is 62.4 Å². The summed E-state index contributed by atoms with van der Waals surface area (Å²) in [6.07, 6.45) is 0. The molecule has 0 radical (unpaired) electrons. The number of methoxy groups -OCH3 is 1. The fraction of sp³-hybridized carbons (Fsp3) is 0.267. The van der Waals surface area contributed by atoms with E-state index in [1.165, 1.54) is 24.8 Å². The SMILES string of the molecule is COc1cccc(C(=O)NCc2cc(=O)n(C)c(=O)n2C)c1. The van der Waals surface area contributed by atoms with Crippen molar-refractivity contribution in [3.63, 3.8) is 0 Å². The molecular formula is C15H17N3O4. The summed E-state index contributed by atoms with van der Waals surface area (Å²) >= 11 is 0. The Morgan fingerprint density at radius 2 is 1.91 bits per heavy atom. The van der Waals surface area contributed by atoms with Crippen molar-refractivity contribution < 1.29 is 9.53 Å². The fourth-order valence-electron chi connectivity index (χ4n) is 1.99. The molecule has 0 saturated heterocycles. The van der Waals surface area contributed by atoms with E-state index < -0.39 is 11.2 Å². The second-order valence-corrected chi connectivity index (χ2v) is 4.79. The average molecular weight is 303 g/mol. The van der Waals surface area contributed by atoms with E-state index in [4.69, 9.17) is 4.74 Å². The Kier molecular flexibility index (Phi) is 4.45. The average Bonchev–Trinajstić information content (AvgIpc) is 2.54. The van der Waals surface area contributed by atoms with Gasteiger partial charge >= 0.3 is 5.69 Å². The van der Waals surface area contributed by atoms with E-state index in [0.29, 0.717) is 17.0 Å². The van der Waals surface area contributed by atoms with E-state index >= 15 is 0 Å². The van der Waals surface area contributed by atoms with Crippen molar-refractivity contribution in [2.75, 3.05) is 7.11 Å². The summed E-state index contributed by atoms with van der Waals surface area (Å²) < 4.78 is 7.40. The van der Waals surface area contributed by atoms with Crippen LogP contribution in [0, 0.1) is 0 Å².